The predicted octanol–water partition coefficient (Wildman–Crippen LogP) is 2.35. The summed E-state index contributed by atoms with van der Waals surface area (Å²) >= 11 is 0. The molecular formula is C22H37N5O2. The van der Waals surface area contributed by atoms with Gasteiger partial charge in [0, 0.05) is 70.3 Å². The molecule has 0 atom stereocenters. The summed E-state index contributed by atoms with van der Waals surface area (Å²) in [5.41, 5.74) is 11.9. The second-order valence-corrected chi connectivity index (χ2v) is 9.20. The van der Waals surface area contributed by atoms with E-state index < -0.39 is 5.60 Å². The molecule has 7 heteroatoms. The van der Waals surface area contributed by atoms with Crippen molar-refractivity contribution in [3.63, 3.8) is 0 Å². The van der Waals surface area contributed by atoms with Crippen LogP contribution in [0.3, 0.4) is 0 Å². The molecule has 0 spiro atoms. The van der Waals surface area contributed by atoms with Gasteiger partial charge in [-0.2, -0.15) is 0 Å². The number of hydrogen-bond acceptors (Lipinski definition) is 6. The van der Waals surface area contributed by atoms with Gasteiger partial charge in [-0.15, -0.1) is 0 Å². The first kappa shape index (κ1) is 21.7. The van der Waals surface area contributed by atoms with Crippen molar-refractivity contribution in [2.24, 2.45) is 0 Å². The Morgan fingerprint density at radius 3 is 2.28 bits per heavy atom. The van der Waals surface area contributed by atoms with Gasteiger partial charge in [0.2, 0.25) is 0 Å². The van der Waals surface area contributed by atoms with Gasteiger partial charge in [-0.3, -0.25) is 4.90 Å². The number of amides is 1. The third-order valence-electron chi connectivity index (χ3n) is 5.81. The van der Waals surface area contributed by atoms with E-state index in [1.807, 2.05) is 25.7 Å². The Bertz CT molecular complexity index is 730. The zero-order valence-corrected chi connectivity index (χ0v) is 18.7. The van der Waals surface area contributed by atoms with E-state index in [1.54, 1.807) is 0 Å². The Hall–Kier alpha value is -1.99. The number of hydrogen-bond donors (Lipinski definition) is 2. The number of piperazine rings is 2. The molecule has 1 amide bonds. The molecule has 0 aromatic heterocycles. The number of carbonyl (C=O) groups is 1. The summed E-state index contributed by atoms with van der Waals surface area (Å²) in [6.07, 6.45) is -0.214. The van der Waals surface area contributed by atoms with Crippen molar-refractivity contribution < 1.29 is 9.53 Å². The van der Waals surface area contributed by atoms with E-state index in [4.69, 9.17) is 10.5 Å². The zero-order chi connectivity index (χ0) is 21.2. The normalized spacial score (nSPS) is 18.8. The second-order valence-electron chi connectivity index (χ2n) is 9.20. The highest BCUT2D eigenvalue weighted by molar-refractivity contribution is 5.71. The Kier molecular flexibility index (Phi) is 6.58. The highest BCUT2D eigenvalue weighted by atomic mass is 16.6. The van der Waals surface area contributed by atoms with Crippen LogP contribution in [-0.4, -0.2) is 73.9 Å². The summed E-state index contributed by atoms with van der Waals surface area (Å²) in [6, 6.07) is 2.14. The molecule has 0 saturated carbocycles. The van der Waals surface area contributed by atoms with Gasteiger partial charge < -0.3 is 25.6 Å². The fourth-order valence-electron chi connectivity index (χ4n) is 4.16. The summed E-state index contributed by atoms with van der Waals surface area (Å²) in [5, 5.41) is 3.42. The summed E-state index contributed by atoms with van der Waals surface area (Å²) in [7, 11) is 0. The van der Waals surface area contributed by atoms with Gasteiger partial charge >= 0.3 is 6.09 Å². The Morgan fingerprint density at radius 2 is 1.69 bits per heavy atom. The Labute approximate surface area is 175 Å². The van der Waals surface area contributed by atoms with Gasteiger partial charge in [-0.25, -0.2) is 4.79 Å². The van der Waals surface area contributed by atoms with E-state index in [1.165, 1.54) is 22.4 Å². The molecule has 7 nitrogen and oxygen atoms in total. The van der Waals surface area contributed by atoms with Crippen LogP contribution in [0.25, 0.3) is 0 Å². The average Bonchev–Trinajstić information content (AvgIpc) is 2.66. The van der Waals surface area contributed by atoms with Crippen molar-refractivity contribution in [1.82, 2.24) is 15.1 Å². The molecule has 3 N–H and O–H groups in total. The predicted molar refractivity (Wildman–Crippen MR) is 118 cm³/mol. The number of anilines is 2. The van der Waals surface area contributed by atoms with E-state index in [0.717, 1.165) is 51.5 Å². The van der Waals surface area contributed by atoms with Crippen LogP contribution in [0.15, 0.2) is 6.07 Å². The quantitative estimate of drug-likeness (QED) is 0.755. The molecule has 0 bridgehead atoms. The fourth-order valence-corrected chi connectivity index (χ4v) is 4.16. The van der Waals surface area contributed by atoms with Gasteiger partial charge in [0.25, 0.3) is 0 Å². The third-order valence-corrected chi connectivity index (χ3v) is 5.81. The van der Waals surface area contributed by atoms with Crippen molar-refractivity contribution in [2.75, 3.05) is 63.0 Å². The topological polar surface area (TPSA) is 74.1 Å². The lowest BCUT2D eigenvalue weighted by molar-refractivity contribution is 0.0139. The standard InChI is InChI=1S/C22H37N5O2/c1-16-18(14-19(23)17(2)20(16)26-8-6-24-7-9-26)15-25-10-12-27(13-11-25)21(28)29-22(3,4)5/h14,24H,6-13,15,23H2,1-5H3. The number of ether oxygens (including phenoxy) is 1. The van der Waals surface area contributed by atoms with E-state index in [9.17, 15) is 4.79 Å². The number of nitrogens with two attached hydrogens (primary N) is 1. The molecule has 0 unspecified atom stereocenters. The van der Waals surface area contributed by atoms with Crippen LogP contribution in [0, 0.1) is 13.8 Å². The maximum absolute atomic E-state index is 12.3. The molecule has 2 saturated heterocycles. The van der Waals surface area contributed by atoms with Crippen LogP contribution in [0.5, 0.6) is 0 Å². The van der Waals surface area contributed by atoms with Gasteiger partial charge in [0.05, 0.1) is 0 Å². The largest absolute Gasteiger partial charge is 0.444 e. The van der Waals surface area contributed by atoms with Crippen LogP contribution in [0.1, 0.15) is 37.5 Å². The molecule has 0 radical (unpaired) electrons. The summed E-state index contributed by atoms with van der Waals surface area (Å²) in [5.74, 6) is 0. The third kappa shape index (κ3) is 5.34. The van der Waals surface area contributed by atoms with E-state index in [-0.39, 0.29) is 6.09 Å². The zero-order valence-electron chi connectivity index (χ0n) is 18.7. The van der Waals surface area contributed by atoms with Crippen molar-refractivity contribution in [3.8, 4) is 0 Å². The molecule has 162 valence electrons. The molecule has 29 heavy (non-hydrogen) atoms. The number of carbonyl (C=O) groups excluding carboxylic acids is 1. The van der Waals surface area contributed by atoms with E-state index in [2.05, 4.69) is 35.0 Å². The molecule has 2 fully saturated rings. The molecular weight excluding hydrogens is 366 g/mol. The SMILES string of the molecule is Cc1c(N)cc(CN2CCN(C(=O)OC(C)(C)C)CC2)c(C)c1N1CCNCC1. The van der Waals surface area contributed by atoms with Crippen molar-refractivity contribution >= 4 is 17.5 Å². The minimum absolute atomic E-state index is 0.214. The lowest BCUT2D eigenvalue weighted by atomic mass is 9.98. The Balaban J connectivity index is 1.67. The molecule has 2 aliphatic heterocycles. The number of rotatable bonds is 3. The van der Waals surface area contributed by atoms with E-state index >= 15 is 0 Å². The summed E-state index contributed by atoms with van der Waals surface area (Å²) in [6.45, 7) is 18.0. The monoisotopic (exact) mass is 403 g/mol. The number of nitrogens with zero attached hydrogens (tertiary/aromatic N) is 3. The first-order valence-electron chi connectivity index (χ1n) is 10.7. The van der Waals surface area contributed by atoms with Crippen LogP contribution >= 0.6 is 0 Å². The average molecular weight is 404 g/mol. The minimum atomic E-state index is -0.453. The fraction of sp³-hybridized carbons (Fsp3) is 0.682. The second kappa shape index (κ2) is 8.79. The molecule has 1 aromatic carbocycles. The molecule has 3 rings (SSSR count). The Morgan fingerprint density at radius 1 is 1.07 bits per heavy atom. The maximum Gasteiger partial charge on any atom is 0.410 e. The van der Waals surface area contributed by atoms with Crippen LogP contribution < -0.4 is 16.0 Å². The van der Waals surface area contributed by atoms with Crippen molar-refractivity contribution in [3.05, 3.63) is 22.8 Å². The van der Waals surface area contributed by atoms with Crippen LogP contribution in [0.2, 0.25) is 0 Å². The first-order valence-corrected chi connectivity index (χ1v) is 10.7. The van der Waals surface area contributed by atoms with Gasteiger partial charge in [0.15, 0.2) is 0 Å². The van der Waals surface area contributed by atoms with Gasteiger partial charge in [0.1, 0.15) is 5.60 Å². The molecule has 1 aromatic rings. The van der Waals surface area contributed by atoms with Crippen LogP contribution in [0.4, 0.5) is 16.2 Å². The van der Waals surface area contributed by atoms with Gasteiger partial charge in [-0.05, 0) is 57.4 Å². The summed E-state index contributed by atoms with van der Waals surface area (Å²) < 4.78 is 5.50. The molecule has 0 aliphatic carbocycles. The molecule has 2 heterocycles. The van der Waals surface area contributed by atoms with Crippen LogP contribution in [-0.2, 0) is 11.3 Å². The number of benzene rings is 1. The maximum atomic E-state index is 12.3. The molecule has 2 aliphatic rings. The summed E-state index contributed by atoms with van der Waals surface area (Å²) in [4.78, 5) is 19.0. The highest BCUT2D eigenvalue weighted by Gasteiger charge is 2.26. The highest BCUT2D eigenvalue weighted by Crippen LogP contribution is 2.33. The minimum Gasteiger partial charge on any atom is -0.444 e. The number of nitrogen functional groups attached to an aromatic ring is 1. The smallest absolute Gasteiger partial charge is 0.410 e. The van der Waals surface area contributed by atoms with Crippen molar-refractivity contribution in [1.29, 1.82) is 0 Å². The lowest BCUT2D eigenvalue weighted by Crippen LogP contribution is -2.49. The van der Waals surface area contributed by atoms with Gasteiger partial charge in [-0.1, -0.05) is 0 Å². The van der Waals surface area contributed by atoms with Crippen molar-refractivity contribution in [2.45, 2.75) is 46.8 Å². The number of nitrogens with one attached hydrogen (secondary N) is 1. The van der Waals surface area contributed by atoms with E-state index in [0.29, 0.717) is 13.1 Å². The first-order chi connectivity index (χ1) is 13.7. The lowest BCUT2D eigenvalue weighted by Gasteiger charge is -2.37.